The molecular formula is C16H16N4O3S. The van der Waals surface area contributed by atoms with E-state index < -0.39 is 5.97 Å². The highest BCUT2D eigenvalue weighted by molar-refractivity contribution is 7.98. The summed E-state index contributed by atoms with van der Waals surface area (Å²) in [6.45, 7) is 4.04. The van der Waals surface area contributed by atoms with E-state index in [1.807, 2.05) is 32.0 Å². The van der Waals surface area contributed by atoms with Gasteiger partial charge in [-0.3, -0.25) is 0 Å². The first-order valence-electron chi connectivity index (χ1n) is 7.24. The van der Waals surface area contributed by atoms with Crippen LogP contribution in [0.3, 0.4) is 0 Å². The smallest absolute Gasteiger partial charge is 0.374 e. The molecule has 0 N–H and O–H groups in total. The van der Waals surface area contributed by atoms with Crippen LogP contribution in [0.4, 0.5) is 0 Å². The zero-order valence-corrected chi connectivity index (χ0v) is 14.3. The third-order valence-corrected chi connectivity index (χ3v) is 4.53. The van der Waals surface area contributed by atoms with Crippen LogP contribution >= 0.6 is 11.8 Å². The highest BCUT2D eigenvalue weighted by atomic mass is 32.2. The van der Waals surface area contributed by atoms with E-state index in [4.69, 9.17) is 9.15 Å². The summed E-state index contributed by atoms with van der Waals surface area (Å²) in [5.74, 6) is 0.202. The lowest BCUT2D eigenvalue weighted by molar-refractivity contribution is 0.0564. The summed E-state index contributed by atoms with van der Waals surface area (Å²) < 4.78 is 11.6. The fourth-order valence-corrected chi connectivity index (χ4v) is 3.27. The number of methoxy groups -OCH3 is 1. The number of thioether (sulfide) groups is 1. The number of aryl methyl sites for hydroxylation is 2. The van der Waals surface area contributed by atoms with E-state index in [1.165, 1.54) is 25.1 Å². The maximum atomic E-state index is 11.7. The molecule has 2 aromatic heterocycles. The molecule has 0 fully saturated rings. The van der Waals surface area contributed by atoms with Gasteiger partial charge in [-0.25, -0.2) is 4.79 Å². The number of rotatable bonds is 5. The molecule has 0 atom stereocenters. The standard InChI is InChI=1S/C16H16N4O3S/c1-10-5-4-6-11(2)13(10)20-16(17-18-19-20)24-9-12-7-8-23-14(12)15(21)22-3/h4-8H,9H2,1-3H3. The molecule has 0 spiro atoms. The number of benzene rings is 1. The van der Waals surface area contributed by atoms with Crippen molar-refractivity contribution < 1.29 is 13.9 Å². The first-order chi connectivity index (χ1) is 11.6. The predicted molar refractivity (Wildman–Crippen MR) is 88.2 cm³/mol. The van der Waals surface area contributed by atoms with Crippen molar-refractivity contribution in [1.82, 2.24) is 20.2 Å². The molecule has 2 heterocycles. The van der Waals surface area contributed by atoms with Gasteiger partial charge in [0.1, 0.15) is 0 Å². The highest BCUT2D eigenvalue weighted by Crippen LogP contribution is 2.27. The Morgan fingerprint density at radius 2 is 2.04 bits per heavy atom. The fourth-order valence-electron chi connectivity index (χ4n) is 2.41. The van der Waals surface area contributed by atoms with Crippen molar-refractivity contribution >= 4 is 17.7 Å². The Kier molecular flexibility index (Phi) is 4.66. The number of carbonyl (C=O) groups is 1. The van der Waals surface area contributed by atoms with E-state index in [0.29, 0.717) is 10.9 Å². The van der Waals surface area contributed by atoms with E-state index >= 15 is 0 Å². The molecule has 0 bridgehead atoms. The minimum atomic E-state index is -0.495. The number of ether oxygens (including phenoxy) is 1. The van der Waals surface area contributed by atoms with Crippen LogP contribution in [-0.4, -0.2) is 33.3 Å². The number of esters is 1. The van der Waals surface area contributed by atoms with Crippen LogP contribution in [0.1, 0.15) is 27.2 Å². The lowest BCUT2D eigenvalue weighted by atomic mass is 10.1. The van der Waals surface area contributed by atoms with Gasteiger partial charge in [-0.15, -0.1) is 5.10 Å². The number of hydrogen-bond acceptors (Lipinski definition) is 7. The van der Waals surface area contributed by atoms with E-state index in [1.54, 1.807) is 10.7 Å². The Morgan fingerprint density at radius 1 is 1.29 bits per heavy atom. The van der Waals surface area contributed by atoms with Crippen molar-refractivity contribution in [3.05, 3.63) is 53.0 Å². The van der Waals surface area contributed by atoms with Gasteiger partial charge in [0.2, 0.25) is 10.9 Å². The van der Waals surface area contributed by atoms with Crippen LogP contribution < -0.4 is 0 Å². The zero-order chi connectivity index (χ0) is 17.1. The highest BCUT2D eigenvalue weighted by Gasteiger charge is 2.18. The summed E-state index contributed by atoms with van der Waals surface area (Å²) in [5.41, 5.74) is 3.87. The molecule has 3 aromatic rings. The molecule has 0 aliphatic heterocycles. The average molecular weight is 344 g/mol. The number of carbonyl (C=O) groups excluding carboxylic acids is 1. The lowest BCUT2D eigenvalue weighted by Gasteiger charge is -2.10. The zero-order valence-electron chi connectivity index (χ0n) is 13.5. The fraction of sp³-hybridized carbons (Fsp3) is 0.250. The van der Waals surface area contributed by atoms with Crippen molar-refractivity contribution in [2.75, 3.05) is 7.11 Å². The van der Waals surface area contributed by atoms with Crippen LogP contribution in [-0.2, 0) is 10.5 Å². The normalized spacial score (nSPS) is 10.8. The summed E-state index contributed by atoms with van der Waals surface area (Å²) in [5, 5.41) is 12.6. The number of para-hydroxylation sites is 1. The minimum absolute atomic E-state index is 0.205. The Hall–Kier alpha value is -2.61. The molecule has 0 unspecified atom stereocenters. The molecule has 3 rings (SSSR count). The molecule has 7 nitrogen and oxygen atoms in total. The summed E-state index contributed by atoms with van der Waals surface area (Å²) in [6, 6.07) is 7.78. The van der Waals surface area contributed by atoms with Crippen LogP contribution in [0.5, 0.6) is 0 Å². The lowest BCUT2D eigenvalue weighted by Crippen LogP contribution is -2.05. The van der Waals surface area contributed by atoms with Crippen molar-refractivity contribution in [1.29, 1.82) is 0 Å². The summed E-state index contributed by atoms with van der Waals surface area (Å²) in [7, 11) is 1.32. The molecule has 1 aromatic carbocycles. The van der Waals surface area contributed by atoms with Crippen molar-refractivity contribution in [3.8, 4) is 5.69 Å². The Balaban J connectivity index is 1.85. The molecular weight excluding hydrogens is 328 g/mol. The molecule has 0 amide bonds. The van der Waals surface area contributed by atoms with Crippen molar-refractivity contribution in [3.63, 3.8) is 0 Å². The van der Waals surface area contributed by atoms with Gasteiger partial charge in [0.05, 0.1) is 19.1 Å². The van der Waals surface area contributed by atoms with Crippen LogP contribution in [0.15, 0.2) is 40.1 Å². The maximum Gasteiger partial charge on any atom is 0.374 e. The first kappa shape index (κ1) is 16.3. The molecule has 0 saturated carbocycles. The number of tetrazole rings is 1. The van der Waals surface area contributed by atoms with Crippen LogP contribution in [0.25, 0.3) is 5.69 Å². The summed E-state index contributed by atoms with van der Waals surface area (Å²) >= 11 is 1.42. The molecule has 0 aliphatic carbocycles. The van der Waals surface area contributed by atoms with Crippen LogP contribution in [0, 0.1) is 13.8 Å². The number of furan rings is 1. The molecule has 0 radical (unpaired) electrons. The van der Waals surface area contributed by atoms with Gasteiger partial charge in [0.15, 0.2) is 0 Å². The van der Waals surface area contributed by atoms with Gasteiger partial charge >= 0.3 is 5.97 Å². The van der Waals surface area contributed by atoms with Gasteiger partial charge in [0, 0.05) is 11.3 Å². The molecule has 8 heteroatoms. The molecule has 0 aliphatic rings. The van der Waals surface area contributed by atoms with Crippen molar-refractivity contribution in [2.24, 2.45) is 0 Å². The third kappa shape index (κ3) is 3.05. The monoisotopic (exact) mass is 344 g/mol. The predicted octanol–water partition coefficient (Wildman–Crippen LogP) is 2.95. The average Bonchev–Trinajstić information content (AvgIpc) is 3.21. The van der Waals surface area contributed by atoms with Crippen LogP contribution in [0.2, 0.25) is 0 Å². The Bertz CT molecular complexity index is 852. The number of hydrogen-bond donors (Lipinski definition) is 0. The van der Waals surface area contributed by atoms with Gasteiger partial charge in [0.25, 0.3) is 0 Å². The SMILES string of the molecule is COC(=O)c1occc1CSc1nnnn1-c1c(C)cccc1C. The summed E-state index contributed by atoms with van der Waals surface area (Å²) in [6.07, 6.45) is 1.47. The minimum Gasteiger partial charge on any atom is -0.463 e. The molecule has 24 heavy (non-hydrogen) atoms. The topological polar surface area (TPSA) is 83.0 Å². The third-order valence-electron chi connectivity index (χ3n) is 3.57. The largest absolute Gasteiger partial charge is 0.463 e. The second-order valence-corrected chi connectivity index (χ2v) is 6.11. The Morgan fingerprint density at radius 3 is 2.75 bits per heavy atom. The summed E-state index contributed by atoms with van der Waals surface area (Å²) in [4.78, 5) is 11.7. The quantitative estimate of drug-likeness (QED) is 0.520. The van der Waals surface area contributed by atoms with Gasteiger partial charge in [-0.2, -0.15) is 4.68 Å². The molecule has 0 saturated heterocycles. The molecule has 124 valence electrons. The Labute approximate surface area is 143 Å². The second kappa shape index (κ2) is 6.88. The van der Waals surface area contributed by atoms with Crippen molar-refractivity contribution in [2.45, 2.75) is 24.8 Å². The van der Waals surface area contributed by atoms with E-state index in [2.05, 4.69) is 15.5 Å². The van der Waals surface area contributed by atoms with Gasteiger partial charge in [-0.1, -0.05) is 30.0 Å². The number of aromatic nitrogens is 4. The van der Waals surface area contributed by atoms with Gasteiger partial charge in [-0.05, 0) is 41.5 Å². The second-order valence-electron chi connectivity index (χ2n) is 5.17. The van der Waals surface area contributed by atoms with E-state index in [0.717, 1.165) is 22.4 Å². The van der Waals surface area contributed by atoms with E-state index in [-0.39, 0.29) is 5.76 Å². The van der Waals surface area contributed by atoms with Gasteiger partial charge < -0.3 is 9.15 Å². The number of nitrogens with zero attached hydrogens (tertiary/aromatic N) is 4. The maximum absolute atomic E-state index is 11.7. The van der Waals surface area contributed by atoms with E-state index in [9.17, 15) is 4.79 Å². The first-order valence-corrected chi connectivity index (χ1v) is 8.23.